The van der Waals surface area contributed by atoms with Gasteiger partial charge in [0.1, 0.15) is 11.7 Å². The van der Waals surface area contributed by atoms with Gasteiger partial charge in [-0.15, -0.1) is 4.91 Å². The van der Waals surface area contributed by atoms with Crippen LogP contribution in [0, 0.1) is 4.91 Å². The lowest BCUT2D eigenvalue weighted by atomic mass is 9.99. The summed E-state index contributed by atoms with van der Waals surface area (Å²) < 4.78 is 0. The SMILES string of the molecule is NCCCCCNC(CC1=CCc2ccc(N=O)cc21)C(=O)O. The number of unbranched alkanes of at least 4 members (excludes halogenated alkanes) is 2. The van der Waals surface area contributed by atoms with Crippen molar-refractivity contribution in [3.05, 3.63) is 40.3 Å². The fourth-order valence-electron chi connectivity index (χ4n) is 2.82. The zero-order chi connectivity index (χ0) is 16.7. The molecule has 1 aromatic rings. The summed E-state index contributed by atoms with van der Waals surface area (Å²) in [5, 5.41) is 15.5. The van der Waals surface area contributed by atoms with E-state index in [1.54, 1.807) is 12.1 Å². The topological polar surface area (TPSA) is 105 Å². The second-order valence-corrected chi connectivity index (χ2v) is 5.76. The Kier molecular flexibility index (Phi) is 6.43. The lowest BCUT2D eigenvalue weighted by molar-refractivity contribution is -0.139. The molecule has 23 heavy (non-hydrogen) atoms. The number of nitrogens with zero attached hydrogens (tertiary/aromatic N) is 1. The number of carboxylic acid groups (broad SMARTS) is 1. The van der Waals surface area contributed by atoms with Crippen molar-refractivity contribution in [3.63, 3.8) is 0 Å². The van der Waals surface area contributed by atoms with E-state index in [1.807, 2.05) is 12.1 Å². The summed E-state index contributed by atoms with van der Waals surface area (Å²) in [5.41, 5.74) is 8.84. The van der Waals surface area contributed by atoms with E-state index in [-0.39, 0.29) is 0 Å². The molecule has 0 saturated heterocycles. The highest BCUT2D eigenvalue weighted by atomic mass is 16.4. The maximum Gasteiger partial charge on any atom is 0.321 e. The summed E-state index contributed by atoms with van der Waals surface area (Å²) >= 11 is 0. The van der Waals surface area contributed by atoms with Crippen molar-refractivity contribution >= 4 is 17.2 Å². The predicted octanol–water partition coefficient (Wildman–Crippen LogP) is 2.59. The van der Waals surface area contributed by atoms with E-state index in [0.29, 0.717) is 25.2 Å². The molecule has 6 nitrogen and oxygen atoms in total. The van der Waals surface area contributed by atoms with E-state index in [0.717, 1.165) is 42.4 Å². The minimum absolute atomic E-state index is 0.373. The van der Waals surface area contributed by atoms with Crippen LogP contribution in [0.25, 0.3) is 5.57 Å². The van der Waals surface area contributed by atoms with Crippen LogP contribution in [0.2, 0.25) is 0 Å². The number of fused-ring (bicyclic) bond motifs is 1. The smallest absolute Gasteiger partial charge is 0.321 e. The van der Waals surface area contributed by atoms with Gasteiger partial charge in [0.15, 0.2) is 0 Å². The Labute approximate surface area is 135 Å². The predicted molar refractivity (Wildman–Crippen MR) is 90.5 cm³/mol. The van der Waals surface area contributed by atoms with Gasteiger partial charge < -0.3 is 16.2 Å². The van der Waals surface area contributed by atoms with E-state index >= 15 is 0 Å². The molecule has 1 aliphatic rings. The molecule has 0 heterocycles. The number of carboxylic acids is 1. The minimum Gasteiger partial charge on any atom is -0.480 e. The summed E-state index contributed by atoms with van der Waals surface area (Å²) in [5.74, 6) is -0.858. The molecule has 124 valence electrons. The van der Waals surface area contributed by atoms with E-state index in [2.05, 4.69) is 10.5 Å². The number of rotatable bonds is 10. The number of allylic oxidation sites excluding steroid dienone is 1. The second kappa shape index (κ2) is 8.55. The molecule has 6 heteroatoms. The highest BCUT2D eigenvalue weighted by Crippen LogP contribution is 2.33. The van der Waals surface area contributed by atoms with Crippen LogP contribution < -0.4 is 11.1 Å². The molecule has 0 bridgehead atoms. The standard InChI is InChI=1S/C17H23N3O3/c18-8-2-1-3-9-19-16(17(21)22)10-13-5-4-12-6-7-14(20-23)11-15(12)13/h5-7,11,16,19H,1-4,8-10,18H2,(H,21,22). The van der Waals surface area contributed by atoms with Crippen LogP contribution in [0.15, 0.2) is 29.5 Å². The van der Waals surface area contributed by atoms with E-state index in [4.69, 9.17) is 5.73 Å². The summed E-state index contributed by atoms with van der Waals surface area (Å²) in [7, 11) is 0. The maximum absolute atomic E-state index is 11.5. The number of benzene rings is 1. The minimum atomic E-state index is -0.858. The van der Waals surface area contributed by atoms with Crippen molar-refractivity contribution in [2.45, 2.75) is 38.1 Å². The van der Waals surface area contributed by atoms with Crippen LogP contribution in [0.4, 0.5) is 5.69 Å². The molecule has 1 atom stereocenters. The van der Waals surface area contributed by atoms with Crippen LogP contribution in [0.1, 0.15) is 36.8 Å². The first-order valence-electron chi connectivity index (χ1n) is 7.97. The van der Waals surface area contributed by atoms with Gasteiger partial charge in [-0.1, -0.05) is 18.6 Å². The van der Waals surface area contributed by atoms with Gasteiger partial charge in [-0.05, 0) is 72.8 Å². The van der Waals surface area contributed by atoms with Crippen LogP contribution in [0.5, 0.6) is 0 Å². The van der Waals surface area contributed by atoms with Crippen molar-refractivity contribution in [3.8, 4) is 0 Å². The van der Waals surface area contributed by atoms with Crippen LogP contribution >= 0.6 is 0 Å². The number of carbonyl (C=O) groups is 1. The lowest BCUT2D eigenvalue weighted by Gasteiger charge is -2.16. The van der Waals surface area contributed by atoms with Crippen molar-refractivity contribution in [1.29, 1.82) is 0 Å². The van der Waals surface area contributed by atoms with Crippen molar-refractivity contribution in [2.24, 2.45) is 10.9 Å². The molecule has 0 saturated carbocycles. The molecule has 0 aromatic heterocycles. The average Bonchev–Trinajstić information content (AvgIpc) is 2.95. The Morgan fingerprint density at radius 1 is 1.35 bits per heavy atom. The Balaban J connectivity index is 1.97. The number of nitrogens with two attached hydrogens (primary N) is 1. The Bertz CT molecular complexity index is 599. The van der Waals surface area contributed by atoms with E-state index in [9.17, 15) is 14.8 Å². The van der Waals surface area contributed by atoms with Gasteiger partial charge in [-0.2, -0.15) is 0 Å². The third kappa shape index (κ3) is 4.71. The molecular formula is C17H23N3O3. The molecule has 0 amide bonds. The van der Waals surface area contributed by atoms with Gasteiger partial charge in [0.25, 0.3) is 0 Å². The molecule has 0 radical (unpaired) electrons. The van der Waals surface area contributed by atoms with Gasteiger partial charge in [0, 0.05) is 0 Å². The normalized spacial score (nSPS) is 14.2. The summed E-state index contributed by atoms with van der Waals surface area (Å²) in [4.78, 5) is 22.2. The van der Waals surface area contributed by atoms with Crippen LogP contribution in [0.3, 0.4) is 0 Å². The Morgan fingerprint density at radius 2 is 2.17 bits per heavy atom. The largest absolute Gasteiger partial charge is 0.480 e. The average molecular weight is 317 g/mol. The quantitative estimate of drug-likeness (QED) is 0.454. The molecular weight excluding hydrogens is 294 g/mol. The monoisotopic (exact) mass is 317 g/mol. The molecule has 4 N–H and O–H groups in total. The summed E-state index contributed by atoms with van der Waals surface area (Å²) in [6.45, 7) is 1.33. The zero-order valence-corrected chi connectivity index (χ0v) is 13.1. The third-order valence-corrected chi connectivity index (χ3v) is 4.11. The lowest BCUT2D eigenvalue weighted by Crippen LogP contribution is -2.37. The van der Waals surface area contributed by atoms with Crippen LogP contribution in [-0.4, -0.2) is 30.2 Å². The molecule has 0 spiro atoms. The molecule has 0 fully saturated rings. The number of hydrogen-bond acceptors (Lipinski definition) is 5. The molecule has 1 aromatic carbocycles. The van der Waals surface area contributed by atoms with Gasteiger partial charge in [-0.3, -0.25) is 4.79 Å². The maximum atomic E-state index is 11.5. The molecule has 1 aliphatic carbocycles. The highest BCUT2D eigenvalue weighted by molar-refractivity contribution is 5.81. The number of hydrogen-bond donors (Lipinski definition) is 3. The van der Waals surface area contributed by atoms with E-state index in [1.165, 1.54) is 0 Å². The Hall–Kier alpha value is -2.05. The second-order valence-electron chi connectivity index (χ2n) is 5.76. The van der Waals surface area contributed by atoms with E-state index < -0.39 is 12.0 Å². The summed E-state index contributed by atoms with van der Waals surface area (Å²) in [6.07, 6.45) is 6.07. The Morgan fingerprint density at radius 3 is 2.87 bits per heavy atom. The fourth-order valence-corrected chi connectivity index (χ4v) is 2.82. The molecule has 1 unspecified atom stereocenters. The van der Waals surface area contributed by atoms with Crippen molar-refractivity contribution in [1.82, 2.24) is 5.32 Å². The fraction of sp³-hybridized carbons (Fsp3) is 0.471. The van der Waals surface area contributed by atoms with Crippen LogP contribution in [-0.2, 0) is 11.2 Å². The van der Waals surface area contributed by atoms with Gasteiger partial charge in [-0.25, -0.2) is 0 Å². The van der Waals surface area contributed by atoms with Gasteiger partial charge in [0.05, 0.1) is 0 Å². The van der Waals surface area contributed by atoms with Gasteiger partial charge >= 0.3 is 5.97 Å². The first-order valence-corrected chi connectivity index (χ1v) is 7.97. The highest BCUT2D eigenvalue weighted by Gasteiger charge is 2.22. The third-order valence-electron chi connectivity index (χ3n) is 4.11. The zero-order valence-electron chi connectivity index (χ0n) is 13.1. The van der Waals surface area contributed by atoms with Gasteiger partial charge in [0.2, 0.25) is 0 Å². The first-order chi connectivity index (χ1) is 11.2. The number of nitroso groups, excluding NO2 is 1. The molecule has 0 aliphatic heterocycles. The van der Waals surface area contributed by atoms with Crippen molar-refractivity contribution in [2.75, 3.05) is 13.1 Å². The van der Waals surface area contributed by atoms with Crippen molar-refractivity contribution < 1.29 is 9.90 Å². The summed E-state index contributed by atoms with van der Waals surface area (Å²) in [6, 6.07) is 4.68. The number of aliphatic carboxylic acids is 1. The molecule has 2 rings (SSSR count). The first kappa shape index (κ1) is 17.3. The number of nitrogens with one attached hydrogen (secondary N) is 1.